The summed E-state index contributed by atoms with van der Waals surface area (Å²) in [6.07, 6.45) is 1.52. The van der Waals surface area contributed by atoms with Crippen LogP contribution in [0.2, 0.25) is 0 Å². The van der Waals surface area contributed by atoms with Crippen molar-refractivity contribution in [3.8, 4) is 0 Å². The van der Waals surface area contributed by atoms with Crippen molar-refractivity contribution in [1.29, 1.82) is 0 Å². The van der Waals surface area contributed by atoms with Crippen molar-refractivity contribution in [2.75, 3.05) is 19.3 Å². The van der Waals surface area contributed by atoms with E-state index in [-0.39, 0.29) is 0 Å². The van der Waals surface area contributed by atoms with Crippen LogP contribution in [0.4, 0.5) is 0 Å². The van der Waals surface area contributed by atoms with E-state index in [9.17, 15) is 0 Å². The van der Waals surface area contributed by atoms with E-state index in [4.69, 9.17) is 12.2 Å². The third-order valence-corrected chi connectivity index (χ3v) is 2.78. The number of aromatic nitrogens is 3. The average molecular weight is 231 g/mol. The van der Waals surface area contributed by atoms with Crippen molar-refractivity contribution in [2.45, 2.75) is 5.75 Å². The zero-order chi connectivity index (χ0) is 10.2. The molecule has 0 aliphatic carbocycles. The Labute approximate surface area is 92.5 Å². The highest BCUT2D eigenvalue weighted by molar-refractivity contribution is 7.98. The van der Waals surface area contributed by atoms with Gasteiger partial charge in [0.05, 0.1) is 5.75 Å². The van der Waals surface area contributed by atoms with Crippen LogP contribution in [0.1, 0.15) is 5.82 Å². The van der Waals surface area contributed by atoms with Crippen LogP contribution >= 0.6 is 24.0 Å². The molecule has 0 bridgehead atoms. The van der Waals surface area contributed by atoms with Gasteiger partial charge in [0.2, 0.25) is 0 Å². The minimum absolute atomic E-state index is 0.685. The molecule has 5 nitrogen and oxygen atoms in total. The minimum atomic E-state index is 0.685. The van der Waals surface area contributed by atoms with Crippen LogP contribution in [0.3, 0.4) is 0 Å². The Morgan fingerprint density at radius 3 is 3.21 bits per heavy atom. The van der Waals surface area contributed by atoms with Gasteiger partial charge in [-0.1, -0.05) is 0 Å². The topological polar surface area (TPSA) is 65.6 Å². The Morgan fingerprint density at radius 2 is 2.57 bits per heavy atom. The summed E-state index contributed by atoms with van der Waals surface area (Å²) in [5, 5.41) is 13.2. The molecule has 0 atom stereocenters. The molecule has 7 heteroatoms. The molecule has 3 N–H and O–H groups in total. The third kappa shape index (κ3) is 4.43. The first-order chi connectivity index (χ1) is 6.83. The fourth-order valence-electron chi connectivity index (χ4n) is 0.794. The number of nitrogens with one attached hydrogen (secondary N) is 3. The van der Waals surface area contributed by atoms with Gasteiger partial charge in [-0.05, 0) is 12.2 Å². The minimum Gasteiger partial charge on any atom is -0.366 e. The van der Waals surface area contributed by atoms with Crippen LogP contribution in [0.5, 0.6) is 0 Å². The Kier molecular flexibility index (Phi) is 5.31. The van der Waals surface area contributed by atoms with Crippen molar-refractivity contribution in [3.63, 3.8) is 0 Å². The van der Waals surface area contributed by atoms with Gasteiger partial charge in [0.15, 0.2) is 5.11 Å². The monoisotopic (exact) mass is 231 g/mol. The number of nitrogens with zero attached hydrogens (tertiary/aromatic N) is 2. The molecule has 78 valence electrons. The highest BCUT2D eigenvalue weighted by Gasteiger charge is 1.95. The first-order valence-corrected chi connectivity index (χ1v) is 5.77. The molecule has 0 amide bonds. The summed E-state index contributed by atoms with van der Waals surface area (Å²) in [5.74, 6) is 2.75. The van der Waals surface area contributed by atoms with Gasteiger partial charge in [0.1, 0.15) is 12.2 Å². The Morgan fingerprint density at radius 1 is 1.71 bits per heavy atom. The molecule has 1 heterocycles. The fraction of sp³-hybridized carbons (Fsp3) is 0.571. The molecule has 14 heavy (non-hydrogen) atoms. The van der Waals surface area contributed by atoms with Gasteiger partial charge in [0, 0.05) is 19.3 Å². The van der Waals surface area contributed by atoms with Crippen LogP contribution in [0, 0.1) is 0 Å². The van der Waals surface area contributed by atoms with Crippen molar-refractivity contribution < 1.29 is 0 Å². The maximum Gasteiger partial charge on any atom is 0.166 e. The molecule has 0 saturated heterocycles. The summed E-state index contributed by atoms with van der Waals surface area (Å²) in [6, 6.07) is 0. The van der Waals surface area contributed by atoms with Crippen molar-refractivity contribution in [3.05, 3.63) is 12.2 Å². The highest BCUT2D eigenvalue weighted by Crippen LogP contribution is 2.05. The molecule has 0 unspecified atom stereocenters. The predicted octanol–water partition coefficient (Wildman–Crippen LogP) is 0.132. The standard InChI is InChI=1S/C7H13N5S2/c1-8-7(13)9-2-3-14-4-6-10-5-11-12-6/h5H,2-4H2,1H3,(H2,8,9,13)(H,10,11,12). The summed E-state index contributed by atoms with van der Waals surface area (Å²) in [5.41, 5.74) is 0. The van der Waals surface area contributed by atoms with Gasteiger partial charge in [-0.15, -0.1) is 0 Å². The number of thioether (sulfide) groups is 1. The molecular weight excluding hydrogens is 218 g/mol. The second-order valence-corrected chi connectivity index (χ2v) is 4.00. The van der Waals surface area contributed by atoms with Gasteiger partial charge in [-0.3, -0.25) is 5.10 Å². The number of H-pyrrole nitrogens is 1. The van der Waals surface area contributed by atoms with Crippen LogP contribution in [-0.4, -0.2) is 39.6 Å². The second kappa shape index (κ2) is 6.61. The quantitative estimate of drug-likeness (QED) is 0.494. The van der Waals surface area contributed by atoms with E-state index >= 15 is 0 Å². The van der Waals surface area contributed by atoms with E-state index in [2.05, 4.69) is 25.8 Å². The summed E-state index contributed by atoms with van der Waals surface area (Å²) >= 11 is 6.70. The maximum atomic E-state index is 4.92. The zero-order valence-corrected chi connectivity index (χ0v) is 9.54. The molecule has 1 rings (SSSR count). The van der Waals surface area contributed by atoms with E-state index in [1.165, 1.54) is 6.33 Å². The smallest absolute Gasteiger partial charge is 0.166 e. The molecule has 0 aliphatic heterocycles. The van der Waals surface area contributed by atoms with Crippen LogP contribution in [0.15, 0.2) is 6.33 Å². The van der Waals surface area contributed by atoms with E-state index < -0.39 is 0 Å². The van der Waals surface area contributed by atoms with E-state index in [0.717, 1.165) is 23.9 Å². The van der Waals surface area contributed by atoms with Gasteiger partial charge < -0.3 is 10.6 Å². The largest absolute Gasteiger partial charge is 0.366 e. The summed E-state index contributed by atoms with van der Waals surface area (Å²) in [6.45, 7) is 0.860. The highest BCUT2D eigenvalue weighted by atomic mass is 32.2. The Bertz CT molecular complexity index is 261. The number of hydrogen-bond acceptors (Lipinski definition) is 4. The Balaban J connectivity index is 1.97. The lowest BCUT2D eigenvalue weighted by atomic mass is 10.7. The third-order valence-electron chi connectivity index (χ3n) is 1.46. The molecule has 0 aromatic carbocycles. The summed E-state index contributed by atoms with van der Waals surface area (Å²) < 4.78 is 0. The fourth-order valence-corrected chi connectivity index (χ4v) is 1.62. The summed E-state index contributed by atoms with van der Waals surface area (Å²) in [4.78, 5) is 4.02. The molecule has 0 radical (unpaired) electrons. The number of thiocarbonyl (C=S) groups is 1. The van der Waals surface area contributed by atoms with Gasteiger partial charge >= 0.3 is 0 Å². The zero-order valence-electron chi connectivity index (χ0n) is 7.91. The number of aromatic amines is 1. The molecule has 1 aromatic heterocycles. The molecule has 0 fully saturated rings. The molecule has 0 spiro atoms. The molecule has 1 aromatic rings. The normalized spacial score (nSPS) is 9.79. The average Bonchev–Trinajstić information content (AvgIpc) is 2.69. The number of rotatable bonds is 5. The second-order valence-electron chi connectivity index (χ2n) is 2.49. The first-order valence-electron chi connectivity index (χ1n) is 4.20. The van der Waals surface area contributed by atoms with Crippen molar-refractivity contribution in [2.24, 2.45) is 0 Å². The van der Waals surface area contributed by atoms with E-state index in [1.807, 2.05) is 0 Å². The SMILES string of the molecule is CNC(=S)NCCSCc1ncn[nH]1. The van der Waals surface area contributed by atoms with E-state index in [1.54, 1.807) is 18.8 Å². The van der Waals surface area contributed by atoms with Gasteiger partial charge in [-0.25, -0.2) is 4.98 Å². The van der Waals surface area contributed by atoms with Crippen LogP contribution in [-0.2, 0) is 5.75 Å². The van der Waals surface area contributed by atoms with E-state index in [0.29, 0.717) is 5.11 Å². The maximum absolute atomic E-state index is 4.92. The summed E-state index contributed by atoms with van der Waals surface area (Å²) in [7, 11) is 1.80. The van der Waals surface area contributed by atoms with Crippen LogP contribution in [0.25, 0.3) is 0 Å². The molecular formula is C7H13N5S2. The predicted molar refractivity (Wildman–Crippen MR) is 62.2 cm³/mol. The lowest BCUT2D eigenvalue weighted by Gasteiger charge is -2.05. The number of hydrogen-bond donors (Lipinski definition) is 3. The Hall–Kier alpha value is -0.820. The molecule has 0 saturated carbocycles. The van der Waals surface area contributed by atoms with Gasteiger partial charge in [0.25, 0.3) is 0 Å². The van der Waals surface area contributed by atoms with Gasteiger partial charge in [-0.2, -0.15) is 16.9 Å². The van der Waals surface area contributed by atoms with Crippen molar-refractivity contribution >= 4 is 29.1 Å². The van der Waals surface area contributed by atoms with Crippen LogP contribution < -0.4 is 10.6 Å². The lowest BCUT2D eigenvalue weighted by molar-refractivity contribution is 0.941. The lowest BCUT2D eigenvalue weighted by Crippen LogP contribution is -2.33. The molecule has 0 aliphatic rings. The first kappa shape index (κ1) is 11.3. The van der Waals surface area contributed by atoms with Crippen molar-refractivity contribution in [1.82, 2.24) is 25.8 Å².